The van der Waals surface area contributed by atoms with Crippen molar-refractivity contribution in [2.24, 2.45) is 0 Å². The molecule has 0 spiro atoms. The first kappa shape index (κ1) is 17.5. The van der Waals surface area contributed by atoms with E-state index in [1.54, 1.807) is 18.2 Å². The quantitative estimate of drug-likeness (QED) is 0.876. The number of carbonyl (C=O) groups is 1. The van der Waals surface area contributed by atoms with Crippen LogP contribution in [0.15, 0.2) is 35.4 Å². The molecule has 2 rings (SSSR count). The molecule has 7 heteroatoms. The van der Waals surface area contributed by atoms with Crippen molar-refractivity contribution in [3.63, 3.8) is 0 Å². The Kier molecular flexibility index (Phi) is 5.57. The van der Waals surface area contributed by atoms with E-state index in [0.29, 0.717) is 22.9 Å². The molecule has 1 aromatic heterocycles. The summed E-state index contributed by atoms with van der Waals surface area (Å²) >= 11 is 0. The van der Waals surface area contributed by atoms with E-state index in [1.165, 1.54) is 31.2 Å². The van der Waals surface area contributed by atoms with Gasteiger partial charge in [0.15, 0.2) is 0 Å². The van der Waals surface area contributed by atoms with E-state index in [2.05, 4.69) is 10.3 Å². The molecule has 0 unspecified atom stereocenters. The SMILES string of the molecule is COc1ccc(OC)c(NC(=O)Cn2cnc(C(C)C)cc2=O)c1. The predicted octanol–water partition coefficient (Wildman–Crippen LogP) is 2.02. The Morgan fingerprint density at radius 1 is 1.25 bits per heavy atom. The lowest BCUT2D eigenvalue weighted by molar-refractivity contribution is -0.116. The summed E-state index contributed by atoms with van der Waals surface area (Å²) in [7, 11) is 3.05. The van der Waals surface area contributed by atoms with Gasteiger partial charge in [0.25, 0.3) is 5.56 Å². The molecule has 128 valence electrons. The minimum absolute atomic E-state index is 0.134. The van der Waals surface area contributed by atoms with Gasteiger partial charge < -0.3 is 14.8 Å². The third kappa shape index (κ3) is 4.13. The fourth-order valence-corrected chi connectivity index (χ4v) is 2.13. The van der Waals surface area contributed by atoms with E-state index in [-0.39, 0.29) is 23.9 Å². The molecule has 7 nitrogen and oxygen atoms in total. The highest BCUT2D eigenvalue weighted by Crippen LogP contribution is 2.28. The van der Waals surface area contributed by atoms with Crippen LogP contribution >= 0.6 is 0 Å². The van der Waals surface area contributed by atoms with Crippen molar-refractivity contribution in [3.05, 3.63) is 46.6 Å². The lowest BCUT2D eigenvalue weighted by atomic mass is 10.1. The molecule has 0 aliphatic carbocycles. The van der Waals surface area contributed by atoms with Gasteiger partial charge in [0, 0.05) is 12.1 Å². The molecular weight excluding hydrogens is 310 g/mol. The molecule has 0 bridgehead atoms. The van der Waals surface area contributed by atoms with Gasteiger partial charge >= 0.3 is 0 Å². The number of amides is 1. The molecule has 0 saturated carbocycles. The fourth-order valence-electron chi connectivity index (χ4n) is 2.13. The summed E-state index contributed by atoms with van der Waals surface area (Å²) in [6.07, 6.45) is 1.39. The number of methoxy groups -OCH3 is 2. The average Bonchev–Trinajstić information content (AvgIpc) is 2.56. The zero-order valence-corrected chi connectivity index (χ0v) is 14.2. The molecule has 0 radical (unpaired) electrons. The summed E-state index contributed by atoms with van der Waals surface area (Å²) in [5, 5.41) is 2.72. The molecule has 1 N–H and O–H groups in total. The smallest absolute Gasteiger partial charge is 0.254 e. The first-order chi connectivity index (χ1) is 11.4. The van der Waals surface area contributed by atoms with E-state index in [4.69, 9.17) is 9.47 Å². The first-order valence-electron chi connectivity index (χ1n) is 7.53. The predicted molar refractivity (Wildman–Crippen MR) is 90.8 cm³/mol. The molecule has 2 aromatic rings. The Morgan fingerprint density at radius 2 is 2.00 bits per heavy atom. The van der Waals surface area contributed by atoms with E-state index >= 15 is 0 Å². The number of hydrogen-bond donors (Lipinski definition) is 1. The lowest BCUT2D eigenvalue weighted by Gasteiger charge is -2.12. The summed E-state index contributed by atoms with van der Waals surface area (Å²) in [6, 6.07) is 6.52. The molecule has 0 fully saturated rings. The zero-order valence-electron chi connectivity index (χ0n) is 14.2. The van der Waals surface area contributed by atoms with E-state index in [1.807, 2.05) is 13.8 Å². The maximum atomic E-state index is 12.2. The maximum absolute atomic E-state index is 12.2. The molecule has 1 aromatic carbocycles. The zero-order chi connectivity index (χ0) is 17.7. The molecule has 24 heavy (non-hydrogen) atoms. The molecular formula is C17H21N3O4. The van der Waals surface area contributed by atoms with Gasteiger partial charge in [0.2, 0.25) is 5.91 Å². The summed E-state index contributed by atoms with van der Waals surface area (Å²) in [5.74, 6) is 0.890. The maximum Gasteiger partial charge on any atom is 0.254 e. The van der Waals surface area contributed by atoms with Crippen molar-refractivity contribution in [3.8, 4) is 11.5 Å². The van der Waals surface area contributed by atoms with Gasteiger partial charge in [-0.25, -0.2) is 4.98 Å². The van der Waals surface area contributed by atoms with Crippen molar-refractivity contribution in [2.45, 2.75) is 26.3 Å². The Hall–Kier alpha value is -2.83. The largest absolute Gasteiger partial charge is 0.497 e. The van der Waals surface area contributed by atoms with Gasteiger partial charge in [0.1, 0.15) is 18.0 Å². The Labute approximate surface area is 140 Å². The van der Waals surface area contributed by atoms with Gasteiger partial charge in [-0.2, -0.15) is 0 Å². The van der Waals surface area contributed by atoms with Crippen LogP contribution in [0.3, 0.4) is 0 Å². The minimum Gasteiger partial charge on any atom is -0.497 e. The van der Waals surface area contributed by atoms with Gasteiger partial charge in [-0.15, -0.1) is 0 Å². The second-order valence-corrected chi connectivity index (χ2v) is 5.55. The molecule has 0 atom stereocenters. The topological polar surface area (TPSA) is 82.4 Å². The van der Waals surface area contributed by atoms with Gasteiger partial charge in [-0.1, -0.05) is 13.8 Å². The number of nitrogens with zero attached hydrogens (tertiary/aromatic N) is 2. The lowest BCUT2D eigenvalue weighted by Crippen LogP contribution is -2.28. The normalized spacial score (nSPS) is 10.5. The van der Waals surface area contributed by atoms with Gasteiger partial charge in [-0.05, 0) is 18.1 Å². The van der Waals surface area contributed by atoms with Crippen LogP contribution < -0.4 is 20.3 Å². The fraction of sp³-hybridized carbons (Fsp3) is 0.353. The highest BCUT2D eigenvalue weighted by molar-refractivity contribution is 5.92. The molecule has 0 aliphatic heterocycles. The van der Waals surface area contributed by atoms with Crippen molar-refractivity contribution in [2.75, 3.05) is 19.5 Å². The van der Waals surface area contributed by atoms with Crippen molar-refractivity contribution < 1.29 is 14.3 Å². The van der Waals surface area contributed by atoms with Crippen LogP contribution in [0, 0.1) is 0 Å². The standard InChI is InChI=1S/C17H21N3O4/c1-11(2)13-8-17(22)20(10-18-13)9-16(21)19-14-7-12(23-3)5-6-15(14)24-4/h5-8,10-11H,9H2,1-4H3,(H,19,21). The van der Waals surface area contributed by atoms with Crippen LogP contribution in [0.25, 0.3) is 0 Å². The number of nitrogens with one attached hydrogen (secondary N) is 1. The van der Waals surface area contributed by atoms with Crippen molar-refractivity contribution in [1.82, 2.24) is 9.55 Å². The Balaban J connectivity index is 2.15. The van der Waals surface area contributed by atoms with E-state index < -0.39 is 0 Å². The number of hydrogen-bond acceptors (Lipinski definition) is 5. The summed E-state index contributed by atoms with van der Waals surface area (Å²) < 4.78 is 11.6. The minimum atomic E-state index is -0.359. The van der Waals surface area contributed by atoms with Crippen LogP contribution in [0.1, 0.15) is 25.5 Å². The molecule has 1 heterocycles. The highest BCUT2D eigenvalue weighted by atomic mass is 16.5. The highest BCUT2D eigenvalue weighted by Gasteiger charge is 2.11. The third-order valence-corrected chi connectivity index (χ3v) is 3.49. The Bertz CT molecular complexity index is 784. The third-order valence-electron chi connectivity index (χ3n) is 3.49. The van der Waals surface area contributed by atoms with Crippen LogP contribution in [0.2, 0.25) is 0 Å². The number of anilines is 1. The number of ether oxygens (including phenoxy) is 2. The van der Waals surface area contributed by atoms with Gasteiger partial charge in [-0.3, -0.25) is 14.2 Å². The van der Waals surface area contributed by atoms with Crippen LogP contribution in [0.5, 0.6) is 11.5 Å². The van der Waals surface area contributed by atoms with Crippen LogP contribution in [-0.4, -0.2) is 29.7 Å². The van der Waals surface area contributed by atoms with Crippen LogP contribution in [-0.2, 0) is 11.3 Å². The molecule has 0 saturated heterocycles. The van der Waals surface area contributed by atoms with Gasteiger partial charge in [0.05, 0.1) is 31.9 Å². The van der Waals surface area contributed by atoms with Crippen molar-refractivity contribution in [1.29, 1.82) is 0 Å². The Morgan fingerprint density at radius 3 is 2.58 bits per heavy atom. The first-order valence-corrected chi connectivity index (χ1v) is 7.53. The summed E-state index contributed by atoms with van der Waals surface area (Å²) in [6.45, 7) is 3.77. The van der Waals surface area contributed by atoms with Crippen molar-refractivity contribution >= 4 is 11.6 Å². The monoisotopic (exact) mass is 331 g/mol. The van der Waals surface area contributed by atoms with E-state index in [9.17, 15) is 9.59 Å². The van der Waals surface area contributed by atoms with Crippen LogP contribution in [0.4, 0.5) is 5.69 Å². The second kappa shape index (κ2) is 7.63. The average molecular weight is 331 g/mol. The number of aromatic nitrogens is 2. The number of benzene rings is 1. The number of rotatable bonds is 6. The van der Waals surface area contributed by atoms with E-state index in [0.717, 1.165) is 0 Å². The summed E-state index contributed by atoms with van der Waals surface area (Å²) in [4.78, 5) is 28.5. The molecule has 1 amide bonds. The molecule has 0 aliphatic rings. The summed E-state index contributed by atoms with van der Waals surface area (Å²) in [5.41, 5.74) is 0.911. The second-order valence-electron chi connectivity index (χ2n) is 5.55. The number of carbonyl (C=O) groups excluding carboxylic acids is 1.